The van der Waals surface area contributed by atoms with Crippen LogP contribution in [0.2, 0.25) is 0 Å². The van der Waals surface area contributed by atoms with Gasteiger partial charge in [0, 0.05) is 12.1 Å². The Morgan fingerprint density at radius 3 is 2.89 bits per heavy atom. The van der Waals surface area contributed by atoms with E-state index in [-0.39, 0.29) is 17.7 Å². The average molecular weight is 265 g/mol. The molecule has 1 N–H and O–H groups in total. The summed E-state index contributed by atoms with van der Waals surface area (Å²) in [4.78, 5) is 15.4. The maximum Gasteiger partial charge on any atom is 0.356 e. The van der Waals surface area contributed by atoms with Crippen LogP contribution in [0.15, 0.2) is 18.3 Å². The molecule has 1 aliphatic heterocycles. The van der Waals surface area contributed by atoms with Crippen LogP contribution in [0, 0.1) is 5.92 Å². The molecular weight excluding hydrogens is 246 g/mol. The van der Waals surface area contributed by atoms with Crippen LogP contribution in [0.4, 0.5) is 0 Å². The summed E-state index contributed by atoms with van der Waals surface area (Å²) in [6.07, 6.45) is 1.43. The first-order valence-corrected chi connectivity index (χ1v) is 6.46. The van der Waals surface area contributed by atoms with Crippen LogP contribution in [-0.4, -0.2) is 35.4 Å². The van der Waals surface area contributed by atoms with Gasteiger partial charge < -0.3 is 14.6 Å². The smallest absolute Gasteiger partial charge is 0.356 e. The van der Waals surface area contributed by atoms with Crippen molar-refractivity contribution in [3.63, 3.8) is 0 Å². The van der Waals surface area contributed by atoms with Gasteiger partial charge in [-0.2, -0.15) is 0 Å². The number of hydrogen-bond donors (Lipinski definition) is 1. The summed E-state index contributed by atoms with van der Waals surface area (Å²) in [5.74, 6) is -0.417. The van der Waals surface area contributed by atoms with Gasteiger partial charge in [0.25, 0.3) is 0 Å². The third-order valence-corrected chi connectivity index (χ3v) is 3.67. The van der Waals surface area contributed by atoms with Gasteiger partial charge in [-0.05, 0) is 24.1 Å². The Morgan fingerprint density at radius 1 is 1.58 bits per heavy atom. The van der Waals surface area contributed by atoms with Crippen LogP contribution in [0.1, 0.15) is 42.4 Å². The Labute approximate surface area is 112 Å². The van der Waals surface area contributed by atoms with E-state index in [1.54, 1.807) is 12.1 Å². The van der Waals surface area contributed by atoms with E-state index >= 15 is 0 Å². The van der Waals surface area contributed by atoms with Crippen LogP contribution in [0.25, 0.3) is 0 Å². The lowest BCUT2D eigenvalue weighted by Gasteiger charge is -2.15. The molecule has 0 saturated carbocycles. The van der Waals surface area contributed by atoms with E-state index in [2.05, 4.69) is 9.72 Å². The number of esters is 1. The van der Waals surface area contributed by atoms with E-state index in [4.69, 9.17) is 4.74 Å². The first-order chi connectivity index (χ1) is 9.08. The normalized spacial score (nSPS) is 30.3. The number of aliphatic hydroxyl groups excluding tert-OH is 1. The molecular formula is C14H19NO4. The maximum atomic E-state index is 11.5. The highest BCUT2D eigenvalue weighted by molar-refractivity contribution is 5.87. The van der Waals surface area contributed by atoms with Crippen molar-refractivity contribution in [2.24, 2.45) is 5.92 Å². The van der Waals surface area contributed by atoms with Crippen LogP contribution in [-0.2, 0) is 9.47 Å². The van der Waals surface area contributed by atoms with Gasteiger partial charge >= 0.3 is 5.97 Å². The Balaban J connectivity index is 2.25. The molecule has 1 fully saturated rings. The van der Waals surface area contributed by atoms with Crippen molar-refractivity contribution in [2.75, 3.05) is 7.11 Å². The predicted molar refractivity (Wildman–Crippen MR) is 68.7 cm³/mol. The highest BCUT2D eigenvalue weighted by Crippen LogP contribution is 2.38. The van der Waals surface area contributed by atoms with E-state index in [9.17, 15) is 9.90 Å². The Kier molecular flexibility index (Phi) is 4.17. The number of hydrogen-bond acceptors (Lipinski definition) is 5. The van der Waals surface area contributed by atoms with E-state index in [1.807, 2.05) is 13.8 Å². The van der Waals surface area contributed by atoms with Crippen molar-refractivity contribution in [2.45, 2.75) is 38.6 Å². The van der Waals surface area contributed by atoms with Crippen molar-refractivity contribution in [3.8, 4) is 0 Å². The summed E-state index contributed by atoms with van der Waals surface area (Å²) in [6, 6.07) is 3.37. The number of methoxy groups -OCH3 is 1. The number of carbonyl (C=O) groups excluding carboxylic acids is 1. The fourth-order valence-corrected chi connectivity index (χ4v) is 2.47. The Hall–Kier alpha value is -1.46. The molecule has 0 bridgehead atoms. The SMILES string of the molecule is CC[C@H]1O[C@@H](c2ccnc(C(=O)OC)c2)[C@H](O)[C@@H]1C. The monoisotopic (exact) mass is 265 g/mol. The summed E-state index contributed by atoms with van der Waals surface area (Å²) in [7, 11) is 1.31. The van der Waals surface area contributed by atoms with Crippen molar-refractivity contribution in [3.05, 3.63) is 29.6 Å². The lowest BCUT2D eigenvalue weighted by atomic mass is 9.94. The van der Waals surface area contributed by atoms with Crippen molar-refractivity contribution in [1.82, 2.24) is 4.98 Å². The zero-order valence-corrected chi connectivity index (χ0v) is 11.4. The van der Waals surface area contributed by atoms with Gasteiger partial charge in [-0.1, -0.05) is 13.8 Å². The van der Waals surface area contributed by atoms with Gasteiger partial charge in [0.2, 0.25) is 0 Å². The van der Waals surface area contributed by atoms with E-state index < -0.39 is 18.2 Å². The molecule has 104 valence electrons. The van der Waals surface area contributed by atoms with Gasteiger partial charge in [-0.3, -0.25) is 0 Å². The molecule has 0 aliphatic carbocycles. The van der Waals surface area contributed by atoms with Crippen molar-refractivity contribution >= 4 is 5.97 Å². The lowest BCUT2D eigenvalue weighted by molar-refractivity contribution is 0.00771. The Bertz CT molecular complexity index is 463. The topological polar surface area (TPSA) is 68.7 Å². The number of carbonyl (C=O) groups is 1. The summed E-state index contributed by atoms with van der Waals surface area (Å²) in [5.41, 5.74) is 0.981. The predicted octanol–water partition coefficient (Wildman–Crippen LogP) is 1.72. The fourth-order valence-electron chi connectivity index (χ4n) is 2.47. The third kappa shape index (κ3) is 2.62. The highest BCUT2D eigenvalue weighted by Gasteiger charge is 2.40. The standard InChI is InChI=1S/C14H19NO4/c1-4-11-8(2)12(16)13(19-11)9-5-6-15-10(7-9)14(17)18-3/h5-8,11-13,16H,4H2,1-3H3/t8-,11-,12-,13+/m1/s1. The summed E-state index contributed by atoms with van der Waals surface area (Å²) < 4.78 is 10.5. The molecule has 19 heavy (non-hydrogen) atoms. The molecule has 2 heterocycles. The van der Waals surface area contributed by atoms with Crippen molar-refractivity contribution in [1.29, 1.82) is 0 Å². The van der Waals surface area contributed by atoms with Gasteiger partial charge in [0.1, 0.15) is 11.8 Å². The highest BCUT2D eigenvalue weighted by atomic mass is 16.5. The summed E-state index contributed by atoms with van der Waals surface area (Å²) in [5, 5.41) is 10.2. The molecule has 1 aromatic rings. The summed E-state index contributed by atoms with van der Waals surface area (Å²) >= 11 is 0. The maximum absolute atomic E-state index is 11.5. The van der Waals surface area contributed by atoms with Crippen LogP contribution in [0.3, 0.4) is 0 Å². The Morgan fingerprint density at radius 2 is 2.32 bits per heavy atom. The number of pyridine rings is 1. The summed E-state index contributed by atoms with van der Waals surface area (Å²) in [6.45, 7) is 4.00. The fraction of sp³-hybridized carbons (Fsp3) is 0.571. The largest absolute Gasteiger partial charge is 0.464 e. The minimum Gasteiger partial charge on any atom is -0.464 e. The second-order valence-corrected chi connectivity index (χ2v) is 4.82. The molecule has 4 atom stereocenters. The first kappa shape index (κ1) is 14.0. The molecule has 1 saturated heterocycles. The molecule has 2 rings (SSSR count). The van der Waals surface area contributed by atoms with E-state index in [0.29, 0.717) is 0 Å². The third-order valence-electron chi connectivity index (χ3n) is 3.67. The second kappa shape index (κ2) is 5.67. The quantitative estimate of drug-likeness (QED) is 0.843. The molecule has 0 aromatic carbocycles. The van der Waals surface area contributed by atoms with Gasteiger partial charge in [0.15, 0.2) is 0 Å². The number of nitrogens with zero attached hydrogens (tertiary/aromatic N) is 1. The molecule has 0 amide bonds. The van der Waals surface area contributed by atoms with Gasteiger partial charge in [-0.15, -0.1) is 0 Å². The molecule has 0 spiro atoms. The minimum atomic E-state index is -0.571. The number of aliphatic hydroxyl groups is 1. The molecule has 5 heteroatoms. The van der Waals surface area contributed by atoms with Crippen LogP contribution < -0.4 is 0 Å². The molecule has 1 aliphatic rings. The lowest BCUT2D eigenvalue weighted by Crippen LogP contribution is -2.21. The number of ether oxygens (including phenoxy) is 2. The van der Waals surface area contributed by atoms with E-state index in [0.717, 1.165) is 12.0 Å². The first-order valence-electron chi connectivity index (χ1n) is 6.46. The molecule has 0 unspecified atom stereocenters. The minimum absolute atomic E-state index is 0.0368. The number of rotatable bonds is 3. The van der Waals surface area contributed by atoms with E-state index in [1.165, 1.54) is 13.3 Å². The second-order valence-electron chi connectivity index (χ2n) is 4.82. The van der Waals surface area contributed by atoms with Crippen LogP contribution >= 0.6 is 0 Å². The van der Waals surface area contributed by atoms with Gasteiger partial charge in [-0.25, -0.2) is 9.78 Å². The number of aromatic nitrogens is 1. The molecule has 5 nitrogen and oxygen atoms in total. The zero-order chi connectivity index (χ0) is 14.0. The van der Waals surface area contributed by atoms with Crippen molar-refractivity contribution < 1.29 is 19.4 Å². The zero-order valence-electron chi connectivity index (χ0n) is 11.4. The average Bonchev–Trinajstić information content (AvgIpc) is 2.74. The van der Waals surface area contributed by atoms with Crippen LogP contribution in [0.5, 0.6) is 0 Å². The molecule has 0 radical (unpaired) electrons. The van der Waals surface area contributed by atoms with Gasteiger partial charge in [0.05, 0.1) is 19.3 Å². The molecule has 1 aromatic heterocycles.